The summed E-state index contributed by atoms with van der Waals surface area (Å²) in [7, 11) is 0. The molecule has 1 atom stereocenters. The van der Waals surface area contributed by atoms with E-state index in [1.54, 1.807) is 0 Å². The normalized spacial score (nSPS) is 28.4. The second-order valence-electron chi connectivity index (χ2n) is 1.45. The van der Waals surface area contributed by atoms with Gasteiger partial charge in [-0.3, -0.25) is 0 Å². The lowest BCUT2D eigenvalue weighted by Crippen LogP contribution is -2.00. The van der Waals surface area contributed by atoms with Gasteiger partial charge in [0.1, 0.15) is 0 Å². The van der Waals surface area contributed by atoms with Gasteiger partial charge in [-0.05, 0) is 5.41 Å². The fourth-order valence-electron chi connectivity index (χ4n) is 0.480. The monoisotopic (exact) mass is 164 g/mol. The van der Waals surface area contributed by atoms with Crippen molar-refractivity contribution in [2.45, 2.75) is 4.58 Å². The largest absolute Gasteiger partial charge is 0.177 e. The topological polar surface area (TPSA) is 0 Å². The molecular formula is C5H8S3. The molecule has 0 saturated carbocycles. The van der Waals surface area contributed by atoms with Crippen LogP contribution in [0.2, 0.25) is 0 Å². The second-order valence-corrected chi connectivity index (χ2v) is 4.47. The van der Waals surface area contributed by atoms with Crippen molar-refractivity contribution < 1.29 is 0 Å². The van der Waals surface area contributed by atoms with Crippen LogP contribution >= 0.6 is 36.2 Å². The van der Waals surface area contributed by atoms with E-state index in [4.69, 9.17) is 0 Å². The summed E-state index contributed by atoms with van der Waals surface area (Å²) in [6.45, 7) is 0. The van der Waals surface area contributed by atoms with E-state index in [0.717, 1.165) is 11.5 Å². The fraction of sp³-hybridized carbons (Fsp3) is 0.600. The number of hydrogen-bond donors (Lipinski definition) is 1. The van der Waals surface area contributed by atoms with E-state index in [0.29, 0.717) is 4.58 Å². The first kappa shape index (κ1) is 6.90. The lowest BCUT2D eigenvalue weighted by molar-refractivity contribution is 1.45. The van der Waals surface area contributed by atoms with E-state index < -0.39 is 0 Å². The number of rotatable bonds is 1. The summed E-state index contributed by atoms with van der Waals surface area (Å²) in [5.41, 5.74) is 0. The predicted molar refractivity (Wildman–Crippen MR) is 46.8 cm³/mol. The van der Waals surface area contributed by atoms with Crippen LogP contribution in [0, 0.1) is 0 Å². The first-order valence-electron chi connectivity index (χ1n) is 2.46. The van der Waals surface area contributed by atoms with Crippen molar-refractivity contribution in [2.75, 3.05) is 11.5 Å². The highest BCUT2D eigenvalue weighted by Crippen LogP contribution is 2.29. The Morgan fingerprint density at radius 1 is 1.75 bits per heavy atom. The summed E-state index contributed by atoms with van der Waals surface area (Å²) in [6.07, 6.45) is 2.19. The highest BCUT2D eigenvalue weighted by molar-refractivity contribution is 8.19. The molecule has 1 rings (SSSR count). The van der Waals surface area contributed by atoms with Gasteiger partial charge in [-0.15, -0.1) is 23.5 Å². The average molecular weight is 164 g/mol. The highest BCUT2D eigenvalue weighted by Gasteiger charge is 2.06. The molecule has 0 saturated heterocycles. The van der Waals surface area contributed by atoms with E-state index in [2.05, 4.69) is 24.1 Å². The Balaban J connectivity index is 2.27. The van der Waals surface area contributed by atoms with Gasteiger partial charge in [-0.1, -0.05) is 6.08 Å². The van der Waals surface area contributed by atoms with Gasteiger partial charge in [0.05, 0.1) is 4.58 Å². The number of hydrogen-bond acceptors (Lipinski definition) is 3. The minimum atomic E-state index is 0.698. The molecule has 3 heteroatoms. The van der Waals surface area contributed by atoms with Crippen LogP contribution in [0.1, 0.15) is 0 Å². The maximum Gasteiger partial charge on any atom is 0.0634 e. The zero-order valence-electron chi connectivity index (χ0n) is 4.41. The zero-order valence-corrected chi connectivity index (χ0v) is 6.94. The van der Waals surface area contributed by atoms with Gasteiger partial charge in [0.25, 0.3) is 0 Å². The summed E-state index contributed by atoms with van der Waals surface area (Å²) in [4.78, 5) is 0. The molecule has 0 aliphatic carbocycles. The van der Waals surface area contributed by atoms with Crippen molar-refractivity contribution in [1.29, 1.82) is 0 Å². The predicted octanol–water partition coefficient (Wildman–Crippen LogP) is 2.24. The molecule has 1 aliphatic heterocycles. The summed E-state index contributed by atoms with van der Waals surface area (Å²) in [5.74, 6) is 2.15. The molecule has 0 aromatic heterocycles. The van der Waals surface area contributed by atoms with Gasteiger partial charge in [0, 0.05) is 11.5 Å². The minimum Gasteiger partial charge on any atom is -0.177 e. The molecule has 0 spiro atoms. The van der Waals surface area contributed by atoms with E-state index in [-0.39, 0.29) is 0 Å². The molecule has 0 fully saturated rings. The van der Waals surface area contributed by atoms with E-state index in [1.165, 1.54) is 0 Å². The van der Waals surface area contributed by atoms with E-state index in [1.807, 2.05) is 23.5 Å². The third-order valence-electron chi connectivity index (χ3n) is 0.854. The molecule has 1 unspecified atom stereocenters. The first-order valence-corrected chi connectivity index (χ1v) is 5.09. The standard InChI is InChI=1S/C5H8S3/c6-4-5-7-2-1-3-8-5/h1-2,5-6H,3-4H2. The summed E-state index contributed by atoms with van der Waals surface area (Å²) in [5, 5.41) is 2.16. The molecule has 46 valence electrons. The van der Waals surface area contributed by atoms with E-state index >= 15 is 0 Å². The van der Waals surface area contributed by atoms with Gasteiger partial charge in [0.15, 0.2) is 0 Å². The van der Waals surface area contributed by atoms with Crippen molar-refractivity contribution in [1.82, 2.24) is 0 Å². The molecule has 8 heavy (non-hydrogen) atoms. The minimum absolute atomic E-state index is 0.698. The lowest BCUT2D eigenvalue weighted by Gasteiger charge is -2.12. The van der Waals surface area contributed by atoms with Gasteiger partial charge in [-0.2, -0.15) is 12.6 Å². The zero-order chi connectivity index (χ0) is 5.82. The third-order valence-corrected chi connectivity index (χ3v) is 4.20. The number of thioether (sulfide) groups is 2. The van der Waals surface area contributed by atoms with Crippen LogP contribution in [-0.2, 0) is 0 Å². The first-order chi connectivity index (χ1) is 3.93. The van der Waals surface area contributed by atoms with Crippen LogP contribution in [0.5, 0.6) is 0 Å². The smallest absolute Gasteiger partial charge is 0.0634 e. The number of thiol groups is 1. The SMILES string of the molecule is SCC1SC=CCS1. The molecular weight excluding hydrogens is 156 g/mol. The molecule has 0 nitrogen and oxygen atoms in total. The van der Waals surface area contributed by atoms with Crippen LogP contribution in [0.4, 0.5) is 0 Å². The Hall–Kier alpha value is 0.790. The Bertz CT molecular complexity index is 89.7. The Labute approximate surface area is 63.9 Å². The second kappa shape index (κ2) is 3.75. The Morgan fingerprint density at radius 3 is 3.00 bits per heavy atom. The molecule has 0 bridgehead atoms. The Morgan fingerprint density at radius 2 is 2.62 bits per heavy atom. The van der Waals surface area contributed by atoms with Crippen LogP contribution in [-0.4, -0.2) is 16.1 Å². The van der Waals surface area contributed by atoms with Crippen molar-refractivity contribution in [3.05, 3.63) is 11.5 Å². The van der Waals surface area contributed by atoms with Crippen LogP contribution in [0.15, 0.2) is 11.5 Å². The average Bonchev–Trinajstić information content (AvgIpc) is 1.90. The summed E-state index contributed by atoms with van der Waals surface area (Å²) in [6, 6.07) is 0. The van der Waals surface area contributed by atoms with Crippen molar-refractivity contribution in [3.8, 4) is 0 Å². The van der Waals surface area contributed by atoms with Crippen molar-refractivity contribution in [3.63, 3.8) is 0 Å². The highest BCUT2D eigenvalue weighted by atomic mass is 32.2. The lowest BCUT2D eigenvalue weighted by atomic mass is 10.8. The Kier molecular flexibility index (Phi) is 3.23. The summed E-state index contributed by atoms with van der Waals surface area (Å²) >= 11 is 8.02. The molecule has 1 aliphatic rings. The van der Waals surface area contributed by atoms with E-state index in [9.17, 15) is 0 Å². The molecule has 0 radical (unpaired) electrons. The van der Waals surface area contributed by atoms with Gasteiger partial charge in [-0.25, -0.2) is 0 Å². The maximum absolute atomic E-state index is 4.19. The van der Waals surface area contributed by atoms with Crippen molar-refractivity contribution >= 4 is 36.2 Å². The third kappa shape index (κ3) is 1.96. The molecule has 0 aromatic carbocycles. The van der Waals surface area contributed by atoms with Crippen molar-refractivity contribution in [2.24, 2.45) is 0 Å². The fourth-order valence-corrected chi connectivity index (χ4v) is 2.92. The van der Waals surface area contributed by atoms with Gasteiger partial charge >= 0.3 is 0 Å². The molecule has 1 heterocycles. The molecule has 0 N–H and O–H groups in total. The van der Waals surface area contributed by atoms with Crippen LogP contribution in [0.3, 0.4) is 0 Å². The quantitative estimate of drug-likeness (QED) is 0.590. The van der Waals surface area contributed by atoms with Gasteiger partial charge < -0.3 is 0 Å². The molecule has 0 aromatic rings. The van der Waals surface area contributed by atoms with Crippen LogP contribution < -0.4 is 0 Å². The van der Waals surface area contributed by atoms with Crippen LogP contribution in [0.25, 0.3) is 0 Å². The molecule has 0 amide bonds. The van der Waals surface area contributed by atoms with Gasteiger partial charge in [0.2, 0.25) is 0 Å². The summed E-state index contributed by atoms with van der Waals surface area (Å²) < 4.78 is 0.698. The maximum atomic E-state index is 4.19.